The van der Waals surface area contributed by atoms with Crippen LogP contribution in [0.25, 0.3) is 6.08 Å². The maximum Gasteiger partial charge on any atom is 0.141 e. The van der Waals surface area contributed by atoms with Crippen molar-refractivity contribution in [1.82, 2.24) is 0 Å². The molecule has 0 aliphatic heterocycles. The molecule has 2 aromatic rings. The van der Waals surface area contributed by atoms with E-state index in [1.807, 2.05) is 30.3 Å². The van der Waals surface area contributed by atoms with Gasteiger partial charge in [0.2, 0.25) is 0 Å². The van der Waals surface area contributed by atoms with Gasteiger partial charge in [0.15, 0.2) is 0 Å². The van der Waals surface area contributed by atoms with Crippen molar-refractivity contribution in [2.24, 2.45) is 10.7 Å². The summed E-state index contributed by atoms with van der Waals surface area (Å²) in [6.45, 7) is 0. The number of halogens is 2. The molecule has 0 aliphatic carbocycles. The minimum atomic E-state index is -0.483. The predicted molar refractivity (Wildman–Crippen MR) is 84.7 cm³/mol. The number of rotatable bonds is 4. The Kier molecular flexibility index (Phi) is 4.95. The molecule has 0 aromatic heterocycles. The number of aliphatic imine (C=N–C) groups is 1. The van der Waals surface area contributed by atoms with Gasteiger partial charge in [-0.2, -0.15) is 0 Å². The third-order valence-electron chi connectivity index (χ3n) is 2.72. The van der Waals surface area contributed by atoms with Crippen molar-refractivity contribution in [3.05, 3.63) is 64.9 Å². The van der Waals surface area contributed by atoms with Crippen molar-refractivity contribution in [2.45, 2.75) is 0 Å². The van der Waals surface area contributed by atoms with E-state index in [2.05, 4.69) is 4.99 Å². The van der Waals surface area contributed by atoms with Crippen molar-refractivity contribution >= 4 is 29.2 Å². The van der Waals surface area contributed by atoms with Gasteiger partial charge in [-0.3, -0.25) is 0 Å². The molecule has 0 radical (unpaired) electrons. The molecule has 0 bridgehead atoms. The van der Waals surface area contributed by atoms with Crippen LogP contribution >= 0.6 is 11.6 Å². The Bertz CT molecular complexity index is 681. The Morgan fingerprint density at radius 2 is 1.95 bits per heavy atom. The third kappa shape index (κ3) is 4.33. The number of methoxy groups -OCH3 is 1. The minimum Gasteiger partial charge on any atom is -0.497 e. The first kappa shape index (κ1) is 15.1. The van der Waals surface area contributed by atoms with Gasteiger partial charge in [-0.25, -0.2) is 9.38 Å². The summed E-state index contributed by atoms with van der Waals surface area (Å²) in [6, 6.07) is 11.7. The second-order valence-corrected chi connectivity index (χ2v) is 4.65. The fourth-order valence-corrected chi connectivity index (χ4v) is 1.81. The number of benzene rings is 2. The topological polar surface area (TPSA) is 47.6 Å². The maximum absolute atomic E-state index is 13.0. The van der Waals surface area contributed by atoms with Crippen molar-refractivity contribution in [3.8, 4) is 5.75 Å². The van der Waals surface area contributed by atoms with Crippen molar-refractivity contribution in [3.63, 3.8) is 0 Å². The third-order valence-corrected chi connectivity index (χ3v) is 3.01. The second kappa shape index (κ2) is 6.90. The van der Waals surface area contributed by atoms with Crippen molar-refractivity contribution < 1.29 is 9.13 Å². The van der Waals surface area contributed by atoms with Gasteiger partial charge in [0.25, 0.3) is 0 Å². The van der Waals surface area contributed by atoms with Gasteiger partial charge in [0, 0.05) is 0 Å². The lowest BCUT2D eigenvalue weighted by atomic mass is 10.2. The van der Waals surface area contributed by atoms with E-state index in [1.165, 1.54) is 18.2 Å². The van der Waals surface area contributed by atoms with E-state index in [1.54, 1.807) is 13.2 Å². The van der Waals surface area contributed by atoms with Crippen LogP contribution in [0.5, 0.6) is 5.75 Å². The molecular weight excluding hydrogens is 291 g/mol. The van der Waals surface area contributed by atoms with E-state index >= 15 is 0 Å². The first-order chi connectivity index (χ1) is 10.1. The van der Waals surface area contributed by atoms with Gasteiger partial charge in [0.1, 0.15) is 17.4 Å². The summed E-state index contributed by atoms with van der Waals surface area (Å²) in [7, 11) is 1.61. The normalized spacial score (nSPS) is 11.9. The highest BCUT2D eigenvalue weighted by molar-refractivity contribution is 6.31. The van der Waals surface area contributed by atoms with E-state index in [9.17, 15) is 4.39 Å². The maximum atomic E-state index is 13.0. The Balaban J connectivity index is 2.11. The highest BCUT2D eigenvalue weighted by Crippen LogP contribution is 2.21. The average molecular weight is 305 g/mol. The Morgan fingerprint density at radius 1 is 1.24 bits per heavy atom. The lowest BCUT2D eigenvalue weighted by Crippen LogP contribution is -2.06. The van der Waals surface area contributed by atoms with Gasteiger partial charge in [-0.1, -0.05) is 29.8 Å². The zero-order valence-electron chi connectivity index (χ0n) is 11.4. The molecule has 2 rings (SSSR count). The van der Waals surface area contributed by atoms with Crippen LogP contribution < -0.4 is 10.5 Å². The summed E-state index contributed by atoms with van der Waals surface area (Å²) in [5.74, 6) is 0.603. The lowest BCUT2D eigenvalue weighted by Gasteiger charge is -2.00. The van der Waals surface area contributed by atoms with Gasteiger partial charge in [-0.05, 0) is 42.0 Å². The lowest BCUT2D eigenvalue weighted by molar-refractivity contribution is 0.415. The van der Waals surface area contributed by atoms with E-state index in [-0.39, 0.29) is 5.02 Å². The molecule has 0 aliphatic rings. The number of nitrogens with zero attached hydrogens (tertiary/aromatic N) is 1. The van der Waals surface area contributed by atoms with Crippen LogP contribution in [0.15, 0.2) is 53.5 Å². The van der Waals surface area contributed by atoms with Crippen LogP contribution in [0.4, 0.5) is 10.1 Å². The van der Waals surface area contributed by atoms with Crippen LogP contribution in [-0.2, 0) is 0 Å². The molecule has 0 fully saturated rings. The summed E-state index contributed by atoms with van der Waals surface area (Å²) in [6.07, 6.45) is 3.49. The molecule has 0 spiro atoms. The van der Waals surface area contributed by atoms with E-state index in [4.69, 9.17) is 22.1 Å². The molecule has 0 saturated heterocycles. The first-order valence-electron chi connectivity index (χ1n) is 6.20. The molecule has 0 atom stereocenters. The zero-order chi connectivity index (χ0) is 15.2. The molecule has 21 heavy (non-hydrogen) atoms. The molecule has 2 N–H and O–H groups in total. The quantitative estimate of drug-likeness (QED) is 0.680. The van der Waals surface area contributed by atoms with Crippen LogP contribution in [0.3, 0.4) is 0 Å². The van der Waals surface area contributed by atoms with Gasteiger partial charge in [0.05, 0.1) is 17.8 Å². The number of hydrogen-bond acceptors (Lipinski definition) is 2. The Hall–Kier alpha value is -2.33. The van der Waals surface area contributed by atoms with Crippen molar-refractivity contribution in [1.29, 1.82) is 0 Å². The standard InChI is InChI=1S/C16H14ClFN2O/c1-21-13-6-2-11(3-7-13)4-9-16(19)20-12-5-8-15(18)14(17)10-12/h2-10H,1H3,(H2,19,20). The van der Waals surface area contributed by atoms with Gasteiger partial charge in [-0.15, -0.1) is 0 Å². The fourth-order valence-electron chi connectivity index (χ4n) is 1.64. The van der Waals surface area contributed by atoms with Gasteiger partial charge >= 0.3 is 0 Å². The van der Waals surface area contributed by atoms with Gasteiger partial charge < -0.3 is 10.5 Å². The summed E-state index contributed by atoms with van der Waals surface area (Å²) in [4.78, 5) is 4.14. The molecule has 0 saturated carbocycles. The number of nitrogens with two attached hydrogens (primary N) is 1. The first-order valence-corrected chi connectivity index (χ1v) is 6.57. The molecular formula is C16H14ClFN2O. The van der Waals surface area contributed by atoms with Crippen LogP contribution in [0.1, 0.15) is 5.56 Å². The smallest absolute Gasteiger partial charge is 0.141 e. The summed E-state index contributed by atoms with van der Waals surface area (Å²) < 4.78 is 18.1. The molecule has 5 heteroatoms. The van der Waals surface area contributed by atoms with Crippen LogP contribution in [0, 0.1) is 5.82 Å². The molecule has 108 valence electrons. The Labute approximate surface area is 127 Å². The molecule has 3 nitrogen and oxygen atoms in total. The predicted octanol–water partition coefficient (Wildman–Crippen LogP) is 4.19. The molecule has 0 amide bonds. The SMILES string of the molecule is COc1ccc(C=CC(N)=Nc2ccc(F)c(Cl)c2)cc1. The average Bonchev–Trinajstić information content (AvgIpc) is 2.49. The summed E-state index contributed by atoms with van der Waals surface area (Å²) in [5.41, 5.74) is 7.26. The minimum absolute atomic E-state index is 0.0168. The molecule has 0 unspecified atom stereocenters. The summed E-state index contributed by atoms with van der Waals surface area (Å²) in [5, 5.41) is 0.0168. The number of ether oxygens (including phenoxy) is 1. The fraction of sp³-hybridized carbons (Fsp3) is 0.0625. The van der Waals surface area contributed by atoms with Crippen LogP contribution in [-0.4, -0.2) is 12.9 Å². The highest BCUT2D eigenvalue weighted by atomic mass is 35.5. The van der Waals surface area contributed by atoms with Crippen LogP contribution in [0.2, 0.25) is 5.02 Å². The summed E-state index contributed by atoms with van der Waals surface area (Å²) >= 11 is 5.68. The number of hydrogen-bond donors (Lipinski definition) is 1. The number of amidine groups is 1. The van der Waals surface area contributed by atoms with Crippen molar-refractivity contribution in [2.75, 3.05) is 7.11 Å². The molecule has 0 heterocycles. The van der Waals surface area contributed by atoms with E-state index in [0.717, 1.165) is 11.3 Å². The monoisotopic (exact) mass is 304 g/mol. The molecule has 2 aromatic carbocycles. The Morgan fingerprint density at radius 3 is 2.57 bits per heavy atom. The van der Waals surface area contributed by atoms with E-state index < -0.39 is 5.82 Å². The zero-order valence-corrected chi connectivity index (χ0v) is 12.1. The largest absolute Gasteiger partial charge is 0.497 e. The highest BCUT2D eigenvalue weighted by Gasteiger charge is 1.99. The van der Waals surface area contributed by atoms with E-state index in [0.29, 0.717) is 11.5 Å². The second-order valence-electron chi connectivity index (χ2n) is 4.24.